The van der Waals surface area contributed by atoms with Gasteiger partial charge in [0.15, 0.2) is 0 Å². The lowest BCUT2D eigenvalue weighted by molar-refractivity contribution is 0.666. The zero-order valence-electron chi connectivity index (χ0n) is 27.7. The fraction of sp³-hybridized carbons (Fsp3) is 0.0612. The number of hydrogen-bond acceptors (Lipinski definition) is 0. The lowest BCUT2D eigenvalue weighted by Gasteiger charge is -2.23. The standard InChI is InChI=1S/C49H34/c1-49(2)45-30-36(25-26-39(45)44-27-24-31-12-6-7-15-38(31)48(44)49)34-20-21-35-29-37(23-22-33(35)28-34)47-42-18-10-8-16-40(42)46(32-13-4-3-5-14-32)41-17-9-11-19-43(41)47/h3-30H,1-2H3. The van der Waals surface area contributed by atoms with Crippen molar-refractivity contribution in [2.45, 2.75) is 19.3 Å². The van der Waals surface area contributed by atoms with E-state index >= 15 is 0 Å². The number of rotatable bonds is 3. The van der Waals surface area contributed by atoms with Crippen molar-refractivity contribution in [2.75, 3.05) is 0 Å². The Morgan fingerprint density at radius 3 is 1.47 bits per heavy atom. The van der Waals surface area contributed by atoms with Gasteiger partial charge in [-0.25, -0.2) is 0 Å². The predicted octanol–water partition coefficient (Wildman–Crippen LogP) is 13.6. The van der Waals surface area contributed by atoms with Crippen LogP contribution in [0.2, 0.25) is 0 Å². The molecule has 0 unspecified atom stereocenters. The average Bonchev–Trinajstić information content (AvgIpc) is 3.39. The molecule has 0 nitrogen and oxygen atoms in total. The highest BCUT2D eigenvalue weighted by molar-refractivity contribution is 6.21. The van der Waals surface area contributed by atoms with Crippen LogP contribution in [-0.2, 0) is 5.41 Å². The van der Waals surface area contributed by atoms with Crippen LogP contribution < -0.4 is 0 Å². The van der Waals surface area contributed by atoms with Gasteiger partial charge in [-0.2, -0.15) is 0 Å². The third kappa shape index (κ3) is 4.17. The Morgan fingerprint density at radius 2 is 0.796 bits per heavy atom. The minimum absolute atomic E-state index is 0.0745. The first-order valence-corrected chi connectivity index (χ1v) is 17.3. The minimum atomic E-state index is -0.0745. The van der Waals surface area contributed by atoms with E-state index in [1.54, 1.807) is 0 Å². The summed E-state index contributed by atoms with van der Waals surface area (Å²) in [5.74, 6) is 0. The second kappa shape index (κ2) is 10.5. The van der Waals surface area contributed by atoms with Gasteiger partial charge in [-0.15, -0.1) is 0 Å². The second-order valence-electron chi connectivity index (χ2n) is 14.1. The van der Waals surface area contributed by atoms with Gasteiger partial charge >= 0.3 is 0 Å². The molecule has 9 aromatic rings. The van der Waals surface area contributed by atoms with Crippen LogP contribution in [0.4, 0.5) is 0 Å². The number of hydrogen-bond donors (Lipinski definition) is 0. The number of benzene rings is 9. The average molecular weight is 623 g/mol. The topological polar surface area (TPSA) is 0 Å². The van der Waals surface area contributed by atoms with Gasteiger partial charge in [-0.3, -0.25) is 0 Å². The Balaban J connectivity index is 1.09. The molecule has 0 atom stereocenters. The molecule has 0 N–H and O–H groups in total. The fourth-order valence-corrected chi connectivity index (χ4v) is 8.72. The summed E-state index contributed by atoms with van der Waals surface area (Å²) in [5.41, 5.74) is 13.1. The molecule has 230 valence electrons. The van der Waals surface area contributed by atoms with E-state index in [0.717, 1.165) is 0 Å². The highest BCUT2D eigenvalue weighted by Crippen LogP contribution is 2.52. The smallest absolute Gasteiger partial charge is 0.0165 e. The van der Waals surface area contributed by atoms with Gasteiger partial charge in [0.05, 0.1) is 0 Å². The van der Waals surface area contributed by atoms with Gasteiger partial charge in [-0.1, -0.05) is 166 Å². The van der Waals surface area contributed by atoms with E-state index in [-0.39, 0.29) is 5.41 Å². The monoisotopic (exact) mass is 622 g/mol. The Morgan fingerprint density at radius 1 is 0.327 bits per heavy atom. The van der Waals surface area contributed by atoms with E-state index in [4.69, 9.17) is 0 Å². The third-order valence-corrected chi connectivity index (χ3v) is 11.0. The first-order chi connectivity index (χ1) is 24.1. The Bertz CT molecular complexity index is 2720. The molecule has 0 spiro atoms. The predicted molar refractivity (Wildman–Crippen MR) is 210 cm³/mol. The largest absolute Gasteiger partial charge is 0.0622 e. The Labute approximate surface area is 286 Å². The molecule has 0 aliphatic heterocycles. The molecular formula is C49H34. The minimum Gasteiger partial charge on any atom is -0.0622 e. The van der Waals surface area contributed by atoms with Crippen LogP contribution in [-0.4, -0.2) is 0 Å². The third-order valence-electron chi connectivity index (χ3n) is 11.0. The van der Waals surface area contributed by atoms with E-state index in [1.807, 2.05) is 0 Å². The van der Waals surface area contributed by atoms with Gasteiger partial charge in [0.1, 0.15) is 0 Å². The molecule has 0 bridgehead atoms. The van der Waals surface area contributed by atoms with E-state index < -0.39 is 0 Å². The summed E-state index contributed by atoms with van der Waals surface area (Å²) in [6, 6.07) is 63.1. The molecule has 0 amide bonds. The molecule has 0 saturated heterocycles. The molecule has 1 aliphatic rings. The Hall–Kier alpha value is -5.98. The first kappa shape index (κ1) is 28.1. The van der Waals surface area contributed by atoms with Crippen LogP contribution in [0.5, 0.6) is 0 Å². The highest BCUT2D eigenvalue weighted by Gasteiger charge is 2.37. The van der Waals surface area contributed by atoms with Crippen molar-refractivity contribution in [3.63, 3.8) is 0 Å². The normalized spacial score (nSPS) is 13.3. The lowest BCUT2D eigenvalue weighted by atomic mass is 9.79. The van der Waals surface area contributed by atoms with Crippen LogP contribution in [0.1, 0.15) is 25.0 Å². The number of fused-ring (bicyclic) bond motifs is 8. The maximum absolute atomic E-state index is 2.44. The molecule has 0 saturated carbocycles. The summed E-state index contributed by atoms with van der Waals surface area (Å²) in [7, 11) is 0. The zero-order chi connectivity index (χ0) is 32.7. The molecule has 10 rings (SSSR count). The SMILES string of the molecule is CC1(C)c2cc(-c3ccc4cc(-c5c6ccccc6c(-c6ccccc6)c6ccccc56)ccc4c3)ccc2-c2ccc3ccccc3c21. The zero-order valence-corrected chi connectivity index (χ0v) is 27.7. The summed E-state index contributed by atoms with van der Waals surface area (Å²) < 4.78 is 0. The van der Waals surface area contributed by atoms with Crippen LogP contribution in [0.3, 0.4) is 0 Å². The molecule has 1 aliphatic carbocycles. The van der Waals surface area contributed by atoms with Gasteiger partial charge in [0, 0.05) is 5.41 Å². The molecule has 0 aromatic heterocycles. The van der Waals surface area contributed by atoms with Crippen molar-refractivity contribution in [1.29, 1.82) is 0 Å². The van der Waals surface area contributed by atoms with E-state index in [2.05, 4.69) is 184 Å². The van der Waals surface area contributed by atoms with Crippen molar-refractivity contribution in [2.24, 2.45) is 0 Å². The van der Waals surface area contributed by atoms with Crippen molar-refractivity contribution >= 4 is 43.1 Å². The van der Waals surface area contributed by atoms with Gasteiger partial charge in [0.25, 0.3) is 0 Å². The maximum Gasteiger partial charge on any atom is 0.0165 e. The van der Waals surface area contributed by atoms with Gasteiger partial charge in [-0.05, 0) is 117 Å². The van der Waals surface area contributed by atoms with Crippen molar-refractivity contribution in [3.05, 3.63) is 181 Å². The lowest BCUT2D eigenvalue weighted by Crippen LogP contribution is -2.15. The van der Waals surface area contributed by atoms with Crippen LogP contribution >= 0.6 is 0 Å². The van der Waals surface area contributed by atoms with E-state index in [1.165, 1.54) is 98.7 Å². The van der Waals surface area contributed by atoms with Crippen molar-refractivity contribution < 1.29 is 0 Å². The molecule has 49 heavy (non-hydrogen) atoms. The molecule has 0 heteroatoms. The summed E-state index contributed by atoms with van der Waals surface area (Å²) in [6.45, 7) is 4.77. The maximum atomic E-state index is 2.44. The summed E-state index contributed by atoms with van der Waals surface area (Å²) in [6.07, 6.45) is 0. The fourth-order valence-electron chi connectivity index (χ4n) is 8.72. The molecule has 9 aromatic carbocycles. The molecule has 0 fully saturated rings. The molecular weight excluding hydrogens is 589 g/mol. The summed E-state index contributed by atoms with van der Waals surface area (Å²) in [4.78, 5) is 0. The van der Waals surface area contributed by atoms with Gasteiger partial charge < -0.3 is 0 Å². The molecule has 0 radical (unpaired) electrons. The van der Waals surface area contributed by atoms with Crippen LogP contribution in [0, 0.1) is 0 Å². The van der Waals surface area contributed by atoms with Crippen LogP contribution in [0.25, 0.3) is 87.6 Å². The van der Waals surface area contributed by atoms with E-state index in [9.17, 15) is 0 Å². The van der Waals surface area contributed by atoms with Crippen molar-refractivity contribution in [1.82, 2.24) is 0 Å². The van der Waals surface area contributed by atoms with Gasteiger partial charge in [0.2, 0.25) is 0 Å². The second-order valence-corrected chi connectivity index (χ2v) is 14.1. The molecule has 0 heterocycles. The van der Waals surface area contributed by atoms with Crippen molar-refractivity contribution in [3.8, 4) is 44.5 Å². The highest BCUT2D eigenvalue weighted by atomic mass is 14.4. The Kier molecular flexibility index (Phi) is 6.02. The van der Waals surface area contributed by atoms with E-state index in [0.29, 0.717) is 0 Å². The quantitative estimate of drug-likeness (QED) is 0.172. The first-order valence-electron chi connectivity index (χ1n) is 17.3. The summed E-state index contributed by atoms with van der Waals surface area (Å²) >= 11 is 0. The van der Waals surface area contributed by atoms with Crippen LogP contribution in [0.15, 0.2) is 170 Å². The summed E-state index contributed by atoms with van der Waals surface area (Å²) in [5, 5.41) is 10.3.